The molecule has 0 bridgehead atoms. The molecule has 0 atom stereocenters. The lowest BCUT2D eigenvalue weighted by Crippen LogP contribution is -2.68. The quantitative estimate of drug-likeness (QED) is 0.406. The molecule has 0 aromatic heterocycles. The first-order chi connectivity index (χ1) is 10.2. The molecular weight excluding hydrogens is 392 g/mol. The molecule has 146 valence electrons. The van der Waals surface area contributed by atoms with Crippen molar-refractivity contribution in [3.8, 4) is 0 Å². The molecule has 0 radical (unpaired) electrons. The maximum Gasteiger partial charge on any atom is 0.438 e. The molecule has 0 amide bonds. The Kier molecular flexibility index (Phi) is 7.37. The highest BCUT2D eigenvalue weighted by molar-refractivity contribution is 7.87. The summed E-state index contributed by atoms with van der Waals surface area (Å²) in [5.41, 5.74) is 4.91. The van der Waals surface area contributed by atoms with E-state index >= 15 is 0 Å². The fraction of sp³-hybridized carbons (Fsp3) is 0.778. The third kappa shape index (κ3) is 4.11. The van der Waals surface area contributed by atoms with E-state index in [1.807, 2.05) is 0 Å². The standard InChI is InChI=1S/C6H4F10O3S.C3H7N/c1-2(7,8)3(9,10)4(11,12)5(13,14)6(15,16)20(17,18)19;1-2-3-4/h1H3,(H,17,18,19);2H,1,3-4H2. The first-order valence-corrected chi connectivity index (χ1v) is 6.77. The van der Waals surface area contributed by atoms with E-state index in [2.05, 4.69) is 6.58 Å². The Morgan fingerprint density at radius 2 is 1.21 bits per heavy atom. The minimum absolute atomic E-state index is 0.583. The summed E-state index contributed by atoms with van der Waals surface area (Å²) in [6.45, 7) is 2.97. The van der Waals surface area contributed by atoms with Crippen molar-refractivity contribution in [2.24, 2.45) is 5.73 Å². The lowest BCUT2D eigenvalue weighted by atomic mass is 10.00. The Morgan fingerprint density at radius 3 is 1.38 bits per heavy atom. The van der Waals surface area contributed by atoms with Crippen molar-refractivity contribution < 1.29 is 56.9 Å². The molecule has 0 rings (SSSR count). The number of halogens is 10. The zero-order valence-corrected chi connectivity index (χ0v) is 12.3. The highest BCUT2D eigenvalue weighted by Crippen LogP contribution is 2.57. The summed E-state index contributed by atoms with van der Waals surface area (Å²) in [6, 6.07) is 0. The molecule has 0 aromatic carbocycles. The van der Waals surface area contributed by atoms with Crippen molar-refractivity contribution in [3.05, 3.63) is 12.7 Å². The molecule has 0 saturated heterocycles. The molecule has 0 fully saturated rings. The van der Waals surface area contributed by atoms with Crippen LogP contribution in [0, 0.1) is 0 Å². The summed E-state index contributed by atoms with van der Waals surface area (Å²) < 4.78 is 152. The summed E-state index contributed by atoms with van der Waals surface area (Å²) in [7, 11) is -7.29. The summed E-state index contributed by atoms with van der Waals surface area (Å²) in [4.78, 5) is 0. The van der Waals surface area contributed by atoms with Crippen molar-refractivity contribution in [2.75, 3.05) is 6.54 Å². The molecule has 3 N–H and O–H groups in total. The average molecular weight is 403 g/mol. The van der Waals surface area contributed by atoms with Crippen molar-refractivity contribution in [1.82, 2.24) is 0 Å². The van der Waals surface area contributed by atoms with Gasteiger partial charge >= 0.3 is 39.1 Å². The topological polar surface area (TPSA) is 80.4 Å². The van der Waals surface area contributed by atoms with Gasteiger partial charge in [-0.1, -0.05) is 6.08 Å². The molecule has 0 aliphatic rings. The number of hydrogen-bond acceptors (Lipinski definition) is 3. The van der Waals surface area contributed by atoms with E-state index in [1.165, 1.54) is 0 Å². The van der Waals surface area contributed by atoms with E-state index in [0.29, 0.717) is 6.54 Å². The van der Waals surface area contributed by atoms with Gasteiger partial charge in [0.1, 0.15) is 0 Å². The fourth-order valence-electron chi connectivity index (χ4n) is 0.818. The van der Waals surface area contributed by atoms with Gasteiger partial charge in [0.2, 0.25) is 0 Å². The van der Waals surface area contributed by atoms with Gasteiger partial charge in [0, 0.05) is 13.5 Å². The summed E-state index contributed by atoms with van der Waals surface area (Å²) in [5.74, 6) is -27.9. The Bertz CT molecular complexity index is 540. The number of alkyl halides is 10. The zero-order valence-electron chi connectivity index (χ0n) is 11.5. The Labute approximate surface area is 129 Å². The van der Waals surface area contributed by atoms with Crippen LogP contribution in [0.1, 0.15) is 6.92 Å². The third-order valence-corrected chi connectivity index (χ3v) is 3.10. The third-order valence-electron chi connectivity index (χ3n) is 2.20. The van der Waals surface area contributed by atoms with Crippen molar-refractivity contribution in [2.45, 2.75) is 35.9 Å². The Morgan fingerprint density at radius 1 is 0.917 bits per heavy atom. The van der Waals surface area contributed by atoms with Gasteiger partial charge in [-0.25, -0.2) is 0 Å². The molecule has 15 heteroatoms. The highest BCUT2D eigenvalue weighted by atomic mass is 32.2. The van der Waals surface area contributed by atoms with E-state index < -0.39 is 46.0 Å². The minimum atomic E-state index is -7.52. The number of nitrogens with two attached hydrogens (primary N) is 1. The number of hydrogen-bond donors (Lipinski definition) is 2. The van der Waals surface area contributed by atoms with Crippen LogP contribution in [-0.2, 0) is 10.1 Å². The van der Waals surface area contributed by atoms with E-state index in [0.717, 1.165) is 0 Å². The smallest absolute Gasteiger partial charge is 0.327 e. The maximum atomic E-state index is 12.7. The van der Waals surface area contributed by atoms with E-state index in [9.17, 15) is 52.3 Å². The summed E-state index contributed by atoms with van der Waals surface area (Å²) in [5, 5.41) is -7.13. The van der Waals surface area contributed by atoms with Crippen LogP contribution in [0.2, 0.25) is 0 Å². The summed E-state index contributed by atoms with van der Waals surface area (Å²) >= 11 is 0. The van der Waals surface area contributed by atoms with Gasteiger partial charge in [-0.3, -0.25) is 4.55 Å². The van der Waals surface area contributed by atoms with Crippen molar-refractivity contribution >= 4 is 10.1 Å². The first kappa shape index (κ1) is 25.2. The predicted octanol–water partition coefficient (Wildman–Crippen LogP) is 3.16. The lowest BCUT2D eigenvalue weighted by molar-refractivity contribution is -0.386. The van der Waals surface area contributed by atoms with E-state index in [4.69, 9.17) is 10.3 Å². The van der Waals surface area contributed by atoms with Gasteiger partial charge in [0.15, 0.2) is 0 Å². The van der Waals surface area contributed by atoms with Crippen molar-refractivity contribution in [1.29, 1.82) is 0 Å². The van der Waals surface area contributed by atoms with Gasteiger partial charge in [-0.15, -0.1) is 6.58 Å². The molecule has 4 nitrogen and oxygen atoms in total. The monoisotopic (exact) mass is 403 g/mol. The molecule has 0 saturated carbocycles. The van der Waals surface area contributed by atoms with Crippen LogP contribution >= 0.6 is 0 Å². The molecule has 0 unspecified atom stereocenters. The number of rotatable bonds is 6. The molecule has 24 heavy (non-hydrogen) atoms. The van der Waals surface area contributed by atoms with E-state index in [-0.39, 0.29) is 0 Å². The van der Waals surface area contributed by atoms with E-state index in [1.54, 1.807) is 6.08 Å². The van der Waals surface area contributed by atoms with Crippen molar-refractivity contribution in [3.63, 3.8) is 0 Å². The van der Waals surface area contributed by atoms with Crippen LogP contribution < -0.4 is 5.73 Å². The average Bonchev–Trinajstić information content (AvgIpc) is 2.35. The molecule has 0 aliphatic carbocycles. The Balaban J connectivity index is 0. The minimum Gasteiger partial charge on any atom is -0.327 e. The molecule has 0 aliphatic heterocycles. The van der Waals surface area contributed by atoms with Crippen LogP contribution in [0.25, 0.3) is 0 Å². The predicted molar refractivity (Wildman–Crippen MR) is 61.2 cm³/mol. The van der Waals surface area contributed by atoms with Gasteiger partial charge < -0.3 is 5.73 Å². The molecule has 0 spiro atoms. The van der Waals surface area contributed by atoms with Gasteiger partial charge in [0.05, 0.1) is 0 Å². The molecular formula is C9H11F10NO3S. The SMILES string of the molecule is C=CCN.CC(F)(F)C(F)(F)C(F)(F)C(F)(F)C(F)(F)S(=O)(=O)O. The second-order valence-corrected chi connectivity index (χ2v) is 5.59. The lowest BCUT2D eigenvalue weighted by Gasteiger charge is -2.37. The molecule has 0 heterocycles. The van der Waals surface area contributed by atoms with Crippen LogP contribution in [0.4, 0.5) is 43.9 Å². The maximum absolute atomic E-state index is 12.7. The molecule has 0 aromatic rings. The largest absolute Gasteiger partial charge is 0.438 e. The van der Waals surface area contributed by atoms with Gasteiger partial charge in [-0.2, -0.15) is 52.3 Å². The normalized spacial score (nSPS) is 14.7. The van der Waals surface area contributed by atoms with Crippen LogP contribution in [-0.4, -0.2) is 48.5 Å². The Hall–Kier alpha value is -1.09. The van der Waals surface area contributed by atoms with Gasteiger partial charge in [0.25, 0.3) is 0 Å². The van der Waals surface area contributed by atoms with Crippen LogP contribution in [0.5, 0.6) is 0 Å². The van der Waals surface area contributed by atoms with Crippen LogP contribution in [0.3, 0.4) is 0 Å². The van der Waals surface area contributed by atoms with Crippen LogP contribution in [0.15, 0.2) is 12.7 Å². The second kappa shape index (κ2) is 7.03. The second-order valence-electron chi connectivity index (χ2n) is 4.13. The first-order valence-electron chi connectivity index (χ1n) is 5.33. The summed E-state index contributed by atoms with van der Waals surface area (Å²) in [6.07, 6.45) is 1.65. The fourth-order valence-corrected chi connectivity index (χ4v) is 1.27. The highest BCUT2D eigenvalue weighted by Gasteiger charge is 2.88. The van der Waals surface area contributed by atoms with Gasteiger partial charge in [-0.05, 0) is 0 Å². The zero-order chi connectivity index (χ0) is 20.4.